The Bertz CT molecular complexity index is 2710. The van der Waals surface area contributed by atoms with Crippen molar-refractivity contribution in [2.75, 3.05) is 34.0 Å². The highest BCUT2D eigenvalue weighted by Gasteiger charge is 2.44. The number of rotatable bonds is 9. The molecule has 3 fully saturated rings. The van der Waals surface area contributed by atoms with E-state index in [4.69, 9.17) is 33.7 Å². The molecular weight excluding hydrogens is 845 g/mol. The maximum absolute atomic E-state index is 14.4. The predicted octanol–water partition coefficient (Wildman–Crippen LogP) is 7.20. The van der Waals surface area contributed by atoms with Crippen LogP contribution in [0.4, 0.5) is 9.59 Å². The number of imidazole rings is 2. The van der Waals surface area contributed by atoms with Gasteiger partial charge < -0.3 is 54.1 Å². The smallest absolute Gasteiger partial charge is 0.407 e. The predicted molar refractivity (Wildman–Crippen MR) is 243 cm³/mol. The highest BCUT2D eigenvalue weighted by atomic mass is 16.5. The molecule has 4 amide bonds. The van der Waals surface area contributed by atoms with Gasteiger partial charge in [-0.15, -0.1) is 0 Å². The monoisotopic (exact) mass is 900 g/mol. The number of benzene rings is 3. The van der Waals surface area contributed by atoms with Gasteiger partial charge >= 0.3 is 12.2 Å². The molecule has 0 aliphatic carbocycles. The summed E-state index contributed by atoms with van der Waals surface area (Å²) in [6.45, 7) is 6.00. The molecule has 17 heteroatoms. The Hall–Kier alpha value is -6.62. The first kappa shape index (κ1) is 43.3. The molecule has 0 bridgehead atoms. The zero-order valence-corrected chi connectivity index (χ0v) is 37.6. The number of amides is 4. The normalized spacial score (nSPS) is 23.7. The van der Waals surface area contributed by atoms with Crippen molar-refractivity contribution in [1.29, 1.82) is 0 Å². The zero-order chi connectivity index (χ0) is 45.6. The molecule has 5 aromatic rings. The molecule has 17 nitrogen and oxygen atoms in total. The Morgan fingerprint density at radius 2 is 1.48 bits per heavy atom. The number of alkyl carbamates (subject to hydrolysis) is 2. The third-order valence-corrected chi connectivity index (χ3v) is 14.4. The summed E-state index contributed by atoms with van der Waals surface area (Å²) in [6, 6.07) is 12.5. The van der Waals surface area contributed by atoms with Crippen LogP contribution in [0.5, 0.6) is 5.75 Å². The summed E-state index contributed by atoms with van der Waals surface area (Å²) in [5.41, 5.74) is 6.54. The number of hydrogen-bond donors (Lipinski definition) is 4. The maximum atomic E-state index is 14.4. The average Bonchev–Trinajstić information content (AvgIpc) is 4.18. The van der Waals surface area contributed by atoms with Gasteiger partial charge in [-0.1, -0.05) is 18.2 Å². The number of aromatic amines is 2. The van der Waals surface area contributed by atoms with E-state index in [-0.39, 0.29) is 47.8 Å². The summed E-state index contributed by atoms with van der Waals surface area (Å²) in [6.07, 6.45) is 8.97. The highest BCUT2D eigenvalue weighted by molar-refractivity contribution is 6.07. The van der Waals surface area contributed by atoms with E-state index < -0.39 is 24.3 Å². The lowest BCUT2D eigenvalue weighted by molar-refractivity contribution is -0.139. The second kappa shape index (κ2) is 18.0. The van der Waals surface area contributed by atoms with Gasteiger partial charge in [-0.05, 0) is 117 Å². The quantitative estimate of drug-likeness (QED) is 0.117. The van der Waals surface area contributed by atoms with Crippen LogP contribution < -0.4 is 15.4 Å². The first-order valence-corrected chi connectivity index (χ1v) is 23.1. The van der Waals surface area contributed by atoms with Gasteiger partial charge in [-0.25, -0.2) is 19.6 Å². The Labute approximate surface area is 381 Å². The average molecular weight is 901 g/mol. The van der Waals surface area contributed by atoms with Crippen molar-refractivity contribution >= 4 is 45.8 Å². The molecular formula is C49H56N8O9. The van der Waals surface area contributed by atoms with Gasteiger partial charge in [0.2, 0.25) is 11.8 Å². The van der Waals surface area contributed by atoms with Crippen LogP contribution in [0.15, 0.2) is 61.0 Å². The maximum Gasteiger partial charge on any atom is 0.407 e. The fourth-order valence-corrected chi connectivity index (χ4v) is 10.8. The van der Waals surface area contributed by atoms with E-state index in [0.29, 0.717) is 57.3 Å². The standard InChI is InChI=1S/C49H56N8O9/c1-26-5-11-38(56(26)46(58)41(54-48(60)62-3)28-13-17-64-18-14-28)44-50-24-37(52-44)31-7-9-33-32(21-31)25-66-40-23-34-30(22-35(33)40)8-10-36-43(34)53-45(51-36)39-12-6-27(2)57(39)47(59)42(55-49(61)63-4)29-15-19-65-20-16-29/h7-10,13,17,21-24,26-29,38-39,41-42H,5-6,11-12,14-16,18-20,25H2,1-4H3,(H,50,52)(H,51,53)(H,54,60)(H,55,61)/t26-,27-,28?,38-,39-,41?,42?/m0/s1. The van der Waals surface area contributed by atoms with Gasteiger partial charge in [0.1, 0.15) is 36.1 Å². The molecule has 5 aliphatic heterocycles. The summed E-state index contributed by atoms with van der Waals surface area (Å²) in [4.78, 5) is 74.3. The van der Waals surface area contributed by atoms with Crippen LogP contribution >= 0.6 is 0 Å². The lowest BCUT2D eigenvalue weighted by Gasteiger charge is -2.36. The third-order valence-electron chi connectivity index (χ3n) is 14.4. The molecule has 0 radical (unpaired) electrons. The van der Waals surface area contributed by atoms with Crippen molar-refractivity contribution in [3.05, 3.63) is 78.2 Å². The molecule has 0 spiro atoms. The molecule has 66 heavy (non-hydrogen) atoms. The summed E-state index contributed by atoms with van der Waals surface area (Å²) >= 11 is 0. The number of ether oxygens (including phenoxy) is 5. The number of hydrogen-bond acceptors (Lipinski definition) is 11. The third kappa shape index (κ3) is 7.96. The molecule has 346 valence electrons. The second-order valence-corrected chi connectivity index (χ2v) is 18.2. The highest BCUT2D eigenvalue weighted by Crippen LogP contribution is 2.44. The number of fused-ring (bicyclic) bond motifs is 6. The molecule has 5 aliphatic rings. The Kier molecular flexibility index (Phi) is 11.8. The topological polar surface area (TPSA) is 202 Å². The van der Waals surface area contributed by atoms with Crippen LogP contribution in [-0.2, 0) is 35.1 Å². The number of aromatic nitrogens is 4. The van der Waals surface area contributed by atoms with E-state index in [1.54, 1.807) is 6.26 Å². The van der Waals surface area contributed by atoms with E-state index in [0.717, 1.165) is 81.2 Å². The van der Waals surface area contributed by atoms with Crippen molar-refractivity contribution in [3.63, 3.8) is 0 Å². The molecule has 3 saturated heterocycles. The summed E-state index contributed by atoms with van der Waals surface area (Å²) in [5.74, 6) is 1.57. The van der Waals surface area contributed by atoms with E-state index in [9.17, 15) is 19.2 Å². The largest absolute Gasteiger partial charge is 0.501 e. The van der Waals surface area contributed by atoms with Gasteiger partial charge in [-0.3, -0.25) is 9.59 Å². The van der Waals surface area contributed by atoms with E-state index in [1.807, 2.05) is 35.1 Å². The van der Waals surface area contributed by atoms with E-state index in [1.165, 1.54) is 14.2 Å². The van der Waals surface area contributed by atoms with Crippen molar-refractivity contribution in [2.45, 2.75) is 102 Å². The SMILES string of the molecule is COC(=O)NC(C(=O)N1[C@@H](C)CC[C@H]1c1ncc(-c2ccc3c(c2)COc2cc4c(ccc5[nH]c([C@@H]6CC[C@H](C)N6C(=O)C(NC(=O)OC)C6CCOCC6)nc54)cc2-3)[nH]1)C1C=COCC1. The minimum atomic E-state index is -0.803. The molecule has 10 rings (SSSR count). The number of nitrogens with one attached hydrogen (secondary N) is 4. The number of likely N-dealkylation sites (tertiary alicyclic amines) is 2. The Morgan fingerprint density at radius 1 is 0.773 bits per heavy atom. The van der Waals surface area contributed by atoms with Gasteiger partial charge in [0.15, 0.2) is 0 Å². The summed E-state index contributed by atoms with van der Waals surface area (Å²) in [5, 5.41) is 7.60. The number of carbonyl (C=O) groups excluding carboxylic acids is 4. The van der Waals surface area contributed by atoms with Crippen molar-refractivity contribution in [1.82, 2.24) is 40.4 Å². The molecule has 0 saturated carbocycles. The van der Waals surface area contributed by atoms with Gasteiger partial charge in [0.05, 0.1) is 62.1 Å². The number of H-pyrrole nitrogens is 2. The van der Waals surface area contributed by atoms with Crippen LogP contribution in [0.25, 0.3) is 44.2 Å². The summed E-state index contributed by atoms with van der Waals surface area (Å²) < 4.78 is 27.3. The minimum absolute atomic E-state index is 0.0423. The summed E-state index contributed by atoms with van der Waals surface area (Å²) in [7, 11) is 2.60. The molecule has 3 unspecified atom stereocenters. The first-order valence-electron chi connectivity index (χ1n) is 23.1. The second-order valence-electron chi connectivity index (χ2n) is 18.2. The first-order chi connectivity index (χ1) is 32.1. The molecule has 2 aromatic heterocycles. The van der Waals surface area contributed by atoms with Gasteiger partial charge in [0, 0.05) is 42.2 Å². The zero-order valence-electron chi connectivity index (χ0n) is 37.6. The van der Waals surface area contributed by atoms with Crippen molar-refractivity contribution in [3.8, 4) is 28.1 Å². The number of carbonyl (C=O) groups is 4. The fraction of sp³-hybridized carbons (Fsp3) is 0.469. The van der Waals surface area contributed by atoms with Crippen LogP contribution in [0.3, 0.4) is 0 Å². The Morgan fingerprint density at radius 3 is 2.20 bits per heavy atom. The number of methoxy groups -OCH3 is 2. The molecule has 4 N–H and O–H groups in total. The number of nitrogens with zero attached hydrogens (tertiary/aromatic N) is 4. The molecule has 3 aromatic carbocycles. The van der Waals surface area contributed by atoms with Gasteiger partial charge in [-0.2, -0.15) is 0 Å². The Balaban J connectivity index is 0.895. The van der Waals surface area contributed by atoms with Crippen LogP contribution in [0.2, 0.25) is 0 Å². The lowest BCUT2D eigenvalue weighted by atomic mass is 9.90. The van der Waals surface area contributed by atoms with Crippen LogP contribution in [-0.4, -0.2) is 112 Å². The minimum Gasteiger partial charge on any atom is -0.501 e. The fourth-order valence-electron chi connectivity index (χ4n) is 10.8. The van der Waals surface area contributed by atoms with E-state index >= 15 is 0 Å². The lowest BCUT2D eigenvalue weighted by Crippen LogP contribution is -2.54. The van der Waals surface area contributed by atoms with E-state index in [2.05, 4.69) is 63.9 Å². The molecule has 7 heterocycles. The van der Waals surface area contributed by atoms with Crippen molar-refractivity contribution < 1.29 is 42.9 Å². The molecule has 7 atom stereocenters. The van der Waals surface area contributed by atoms with Crippen LogP contribution in [0.1, 0.15) is 88.1 Å². The van der Waals surface area contributed by atoms with Crippen LogP contribution in [0, 0.1) is 11.8 Å². The van der Waals surface area contributed by atoms with Crippen molar-refractivity contribution in [2.24, 2.45) is 11.8 Å². The van der Waals surface area contributed by atoms with Gasteiger partial charge in [0.25, 0.3) is 0 Å².